The molecule has 2 nitrogen and oxygen atoms in total. The summed E-state index contributed by atoms with van der Waals surface area (Å²) in [5, 5.41) is 0. The topological polar surface area (TPSA) is 26.3 Å². The number of aryl methyl sites for hydroxylation is 1. The molecule has 0 radical (unpaired) electrons. The van der Waals surface area contributed by atoms with Crippen LogP contribution in [-0.4, -0.2) is 12.4 Å². The first kappa shape index (κ1) is 9.71. The van der Waals surface area contributed by atoms with Gasteiger partial charge in [0.25, 0.3) is 0 Å². The summed E-state index contributed by atoms with van der Waals surface area (Å²) in [4.78, 5) is 11.5. The second-order valence-electron chi connectivity index (χ2n) is 3.30. The molecule has 2 rings (SSSR count). The lowest BCUT2D eigenvalue weighted by atomic mass is 10.1. The molecule has 0 unspecified atom stereocenters. The Morgan fingerprint density at radius 2 is 2.21 bits per heavy atom. The number of hydrogen-bond acceptors (Lipinski definition) is 2. The molecule has 1 aromatic carbocycles. The number of ketones is 1. The molecule has 0 heterocycles. The van der Waals surface area contributed by atoms with Crippen LogP contribution in [0.1, 0.15) is 29.3 Å². The van der Waals surface area contributed by atoms with Gasteiger partial charge in [-0.05, 0) is 47.0 Å². The summed E-state index contributed by atoms with van der Waals surface area (Å²) in [6.45, 7) is 2.55. The van der Waals surface area contributed by atoms with Crippen LogP contribution in [0.15, 0.2) is 16.6 Å². The molecule has 14 heavy (non-hydrogen) atoms. The van der Waals surface area contributed by atoms with Gasteiger partial charge in [-0.2, -0.15) is 0 Å². The van der Waals surface area contributed by atoms with Crippen LogP contribution in [0.4, 0.5) is 0 Å². The van der Waals surface area contributed by atoms with Gasteiger partial charge in [-0.1, -0.05) is 0 Å². The maximum atomic E-state index is 11.5. The van der Waals surface area contributed by atoms with Gasteiger partial charge >= 0.3 is 0 Å². The van der Waals surface area contributed by atoms with Crippen molar-refractivity contribution in [3.63, 3.8) is 0 Å². The number of ether oxygens (including phenoxy) is 1. The van der Waals surface area contributed by atoms with Crippen LogP contribution < -0.4 is 4.74 Å². The Morgan fingerprint density at radius 3 is 2.93 bits per heavy atom. The number of halogens is 1. The Balaban J connectivity index is 2.46. The normalized spacial score (nSPS) is 14.3. The minimum atomic E-state index is 0.230. The Kier molecular flexibility index (Phi) is 2.59. The van der Waals surface area contributed by atoms with E-state index < -0.39 is 0 Å². The van der Waals surface area contributed by atoms with Crippen LogP contribution in [0.5, 0.6) is 5.75 Å². The SMILES string of the molecule is CCOc1cc2c(cc1Br)CCC2=O. The van der Waals surface area contributed by atoms with Crippen LogP contribution in [0.2, 0.25) is 0 Å². The zero-order chi connectivity index (χ0) is 10.1. The molecule has 1 aliphatic carbocycles. The van der Waals surface area contributed by atoms with Crippen LogP contribution in [0.25, 0.3) is 0 Å². The molecule has 3 heteroatoms. The Hall–Kier alpha value is -0.830. The van der Waals surface area contributed by atoms with Crippen molar-refractivity contribution in [1.29, 1.82) is 0 Å². The average molecular weight is 255 g/mol. The molecule has 1 aromatic rings. The van der Waals surface area contributed by atoms with E-state index in [1.54, 1.807) is 0 Å². The molecule has 0 fully saturated rings. The third-order valence-electron chi connectivity index (χ3n) is 2.38. The third-order valence-corrected chi connectivity index (χ3v) is 3.00. The molecule has 0 amide bonds. The summed E-state index contributed by atoms with van der Waals surface area (Å²) in [7, 11) is 0. The number of carbonyl (C=O) groups is 1. The molecule has 0 bridgehead atoms. The second-order valence-corrected chi connectivity index (χ2v) is 4.15. The molecule has 0 spiro atoms. The molecule has 0 saturated heterocycles. The van der Waals surface area contributed by atoms with Gasteiger partial charge in [-0.25, -0.2) is 0 Å². The Morgan fingerprint density at radius 1 is 1.43 bits per heavy atom. The maximum Gasteiger partial charge on any atom is 0.163 e. The fraction of sp³-hybridized carbons (Fsp3) is 0.364. The minimum Gasteiger partial charge on any atom is -0.493 e. The van der Waals surface area contributed by atoms with Gasteiger partial charge in [-0.3, -0.25) is 4.79 Å². The van der Waals surface area contributed by atoms with E-state index in [-0.39, 0.29) is 5.78 Å². The molecular weight excluding hydrogens is 244 g/mol. The van der Waals surface area contributed by atoms with Gasteiger partial charge in [0.2, 0.25) is 0 Å². The number of hydrogen-bond donors (Lipinski definition) is 0. The number of benzene rings is 1. The predicted octanol–water partition coefficient (Wildman–Crippen LogP) is 2.98. The lowest BCUT2D eigenvalue weighted by molar-refractivity contribution is 0.0994. The summed E-state index contributed by atoms with van der Waals surface area (Å²) in [5.41, 5.74) is 1.96. The van der Waals surface area contributed by atoms with Crippen molar-refractivity contribution in [3.05, 3.63) is 27.7 Å². The van der Waals surface area contributed by atoms with E-state index in [2.05, 4.69) is 15.9 Å². The highest BCUT2D eigenvalue weighted by atomic mass is 79.9. The molecule has 0 saturated carbocycles. The molecule has 0 atom stereocenters. The lowest BCUT2D eigenvalue weighted by Crippen LogP contribution is -1.96. The van der Waals surface area contributed by atoms with E-state index >= 15 is 0 Å². The predicted molar refractivity (Wildman–Crippen MR) is 58.0 cm³/mol. The maximum absolute atomic E-state index is 11.5. The number of Topliss-reactive ketones (excluding diaryl/α,β-unsaturated/α-hetero) is 1. The monoisotopic (exact) mass is 254 g/mol. The van der Waals surface area contributed by atoms with Gasteiger partial charge in [-0.15, -0.1) is 0 Å². The molecular formula is C11H11BrO2. The third kappa shape index (κ3) is 1.57. The summed E-state index contributed by atoms with van der Waals surface area (Å²) in [5.74, 6) is 0.995. The first-order valence-electron chi connectivity index (χ1n) is 4.70. The van der Waals surface area contributed by atoms with E-state index in [1.807, 2.05) is 19.1 Å². The number of fused-ring (bicyclic) bond motifs is 1. The summed E-state index contributed by atoms with van der Waals surface area (Å²) >= 11 is 3.43. The first-order chi connectivity index (χ1) is 6.72. The summed E-state index contributed by atoms with van der Waals surface area (Å²) < 4.78 is 6.35. The standard InChI is InChI=1S/C11H11BrO2/c1-2-14-11-6-8-7(5-9(11)12)3-4-10(8)13/h5-6H,2-4H2,1H3. The van der Waals surface area contributed by atoms with Crippen LogP contribution >= 0.6 is 15.9 Å². The van der Waals surface area contributed by atoms with Crippen molar-refractivity contribution in [3.8, 4) is 5.75 Å². The van der Waals surface area contributed by atoms with Crippen LogP contribution in [-0.2, 0) is 6.42 Å². The highest BCUT2D eigenvalue weighted by molar-refractivity contribution is 9.10. The van der Waals surface area contributed by atoms with Gasteiger partial charge in [0.15, 0.2) is 5.78 Å². The molecule has 74 valence electrons. The fourth-order valence-corrected chi connectivity index (χ4v) is 2.22. The van der Waals surface area contributed by atoms with Crippen LogP contribution in [0.3, 0.4) is 0 Å². The van der Waals surface area contributed by atoms with E-state index in [4.69, 9.17) is 4.74 Å². The Bertz CT molecular complexity index is 385. The first-order valence-corrected chi connectivity index (χ1v) is 5.50. The second kappa shape index (κ2) is 3.73. The van der Waals surface area contributed by atoms with Gasteiger partial charge in [0.05, 0.1) is 11.1 Å². The fourth-order valence-electron chi connectivity index (χ4n) is 1.71. The van der Waals surface area contributed by atoms with Crippen molar-refractivity contribution in [2.24, 2.45) is 0 Å². The summed E-state index contributed by atoms with van der Waals surface area (Å²) in [6.07, 6.45) is 1.50. The van der Waals surface area contributed by atoms with E-state index in [1.165, 1.54) is 0 Å². The number of rotatable bonds is 2. The van der Waals surface area contributed by atoms with Crippen molar-refractivity contribution in [1.82, 2.24) is 0 Å². The smallest absolute Gasteiger partial charge is 0.163 e. The Labute approximate surface area is 91.4 Å². The highest BCUT2D eigenvalue weighted by Gasteiger charge is 2.21. The van der Waals surface area contributed by atoms with Crippen LogP contribution in [0, 0.1) is 0 Å². The van der Waals surface area contributed by atoms with Crippen molar-refractivity contribution in [2.45, 2.75) is 19.8 Å². The van der Waals surface area contributed by atoms with Gasteiger partial charge in [0, 0.05) is 12.0 Å². The molecule has 1 aliphatic rings. The van der Waals surface area contributed by atoms with E-state index in [0.717, 1.165) is 27.8 Å². The zero-order valence-electron chi connectivity index (χ0n) is 7.97. The van der Waals surface area contributed by atoms with E-state index in [9.17, 15) is 4.79 Å². The summed E-state index contributed by atoms with van der Waals surface area (Å²) in [6, 6.07) is 3.84. The van der Waals surface area contributed by atoms with Crippen molar-refractivity contribution < 1.29 is 9.53 Å². The molecule has 0 aliphatic heterocycles. The van der Waals surface area contributed by atoms with Gasteiger partial charge < -0.3 is 4.74 Å². The number of carbonyl (C=O) groups excluding carboxylic acids is 1. The average Bonchev–Trinajstić information content (AvgIpc) is 2.49. The van der Waals surface area contributed by atoms with E-state index in [0.29, 0.717) is 13.0 Å². The quantitative estimate of drug-likeness (QED) is 0.812. The highest BCUT2D eigenvalue weighted by Crippen LogP contribution is 2.33. The largest absolute Gasteiger partial charge is 0.493 e. The molecule has 0 aromatic heterocycles. The molecule has 0 N–H and O–H groups in total. The van der Waals surface area contributed by atoms with Gasteiger partial charge in [0.1, 0.15) is 5.75 Å². The van der Waals surface area contributed by atoms with Crippen molar-refractivity contribution >= 4 is 21.7 Å². The van der Waals surface area contributed by atoms with Crippen molar-refractivity contribution in [2.75, 3.05) is 6.61 Å². The zero-order valence-corrected chi connectivity index (χ0v) is 9.56. The minimum absolute atomic E-state index is 0.230. The lowest BCUT2D eigenvalue weighted by Gasteiger charge is -2.07.